The minimum absolute atomic E-state index is 0.330. The van der Waals surface area contributed by atoms with E-state index >= 15 is 0 Å². The summed E-state index contributed by atoms with van der Waals surface area (Å²) in [6.45, 7) is 1.88. The fourth-order valence-electron chi connectivity index (χ4n) is 1.58. The molecule has 1 aliphatic rings. The average Bonchev–Trinajstić information content (AvgIpc) is 2.57. The third-order valence-electron chi connectivity index (χ3n) is 2.34. The smallest absolute Gasteiger partial charge is 0.342 e. The molecule has 0 saturated heterocycles. The van der Waals surface area contributed by atoms with E-state index in [1.807, 2.05) is 6.92 Å². The summed E-state index contributed by atoms with van der Waals surface area (Å²) in [7, 11) is 0. The van der Waals surface area contributed by atoms with Crippen molar-refractivity contribution in [1.82, 2.24) is 0 Å². The zero-order chi connectivity index (χ0) is 11.5. The number of ether oxygens (including phenoxy) is 2. The van der Waals surface area contributed by atoms with Crippen molar-refractivity contribution in [3.05, 3.63) is 35.4 Å². The summed E-state index contributed by atoms with van der Waals surface area (Å²) in [4.78, 5) is 22.7. The van der Waals surface area contributed by atoms with Crippen LogP contribution in [0, 0.1) is 0 Å². The standard InChI is InChI=1S/C12H12O4/c1-2-5-10(13)15-12-9-7-4-3-6-8(9)11(14)16-12/h3-4,6-7,12H,2,5H2,1H3/t12-/m0/s1. The first-order valence-corrected chi connectivity index (χ1v) is 5.21. The van der Waals surface area contributed by atoms with Gasteiger partial charge in [-0.15, -0.1) is 0 Å². The predicted molar refractivity (Wildman–Crippen MR) is 55.6 cm³/mol. The molecule has 0 bridgehead atoms. The average molecular weight is 220 g/mol. The molecule has 0 N–H and O–H groups in total. The van der Waals surface area contributed by atoms with Gasteiger partial charge < -0.3 is 9.47 Å². The van der Waals surface area contributed by atoms with Gasteiger partial charge in [-0.25, -0.2) is 4.79 Å². The van der Waals surface area contributed by atoms with Crippen LogP contribution in [0.3, 0.4) is 0 Å². The van der Waals surface area contributed by atoms with E-state index in [2.05, 4.69) is 0 Å². The molecule has 4 nitrogen and oxygen atoms in total. The monoisotopic (exact) mass is 220 g/mol. The lowest BCUT2D eigenvalue weighted by Gasteiger charge is -2.11. The maximum absolute atomic E-state index is 11.4. The summed E-state index contributed by atoms with van der Waals surface area (Å²) in [5.41, 5.74) is 1.09. The topological polar surface area (TPSA) is 52.6 Å². The molecule has 0 fully saturated rings. The highest BCUT2D eigenvalue weighted by molar-refractivity contribution is 5.94. The molecular weight excluding hydrogens is 208 g/mol. The van der Waals surface area contributed by atoms with Gasteiger partial charge in [0.2, 0.25) is 0 Å². The van der Waals surface area contributed by atoms with Crippen molar-refractivity contribution in [2.24, 2.45) is 0 Å². The minimum Gasteiger partial charge on any atom is -0.421 e. The Morgan fingerprint density at radius 1 is 1.44 bits per heavy atom. The molecule has 2 rings (SSSR count). The molecule has 84 valence electrons. The largest absolute Gasteiger partial charge is 0.421 e. The van der Waals surface area contributed by atoms with Gasteiger partial charge in [-0.1, -0.05) is 25.1 Å². The van der Waals surface area contributed by atoms with Crippen LogP contribution in [0.4, 0.5) is 0 Å². The fraction of sp³-hybridized carbons (Fsp3) is 0.333. The molecule has 1 atom stereocenters. The second-order valence-corrected chi connectivity index (χ2v) is 3.56. The quantitative estimate of drug-likeness (QED) is 0.733. The predicted octanol–water partition coefficient (Wildman–Crippen LogP) is 2.20. The van der Waals surface area contributed by atoms with Crippen LogP contribution in [-0.4, -0.2) is 11.9 Å². The lowest BCUT2D eigenvalue weighted by atomic mass is 10.1. The minimum atomic E-state index is -0.872. The number of benzene rings is 1. The molecule has 0 radical (unpaired) electrons. The van der Waals surface area contributed by atoms with E-state index in [9.17, 15) is 9.59 Å². The highest BCUT2D eigenvalue weighted by atomic mass is 16.7. The third kappa shape index (κ3) is 1.91. The maximum atomic E-state index is 11.4. The Balaban J connectivity index is 2.15. The van der Waals surface area contributed by atoms with Gasteiger partial charge in [0.25, 0.3) is 6.29 Å². The Morgan fingerprint density at radius 3 is 2.94 bits per heavy atom. The van der Waals surface area contributed by atoms with Gasteiger partial charge in [0, 0.05) is 12.0 Å². The molecule has 1 aromatic rings. The first-order chi connectivity index (χ1) is 7.72. The summed E-state index contributed by atoms with van der Waals surface area (Å²) in [5, 5.41) is 0. The summed E-state index contributed by atoms with van der Waals surface area (Å²) in [6, 6.07) is 6.91. The molecular formula is C12H12O4. The van der Waals surface area contributed by atoms with Crippen LogP contribution in [-0.2, 0) is 14.3 Å². The van der Waals surface area contributed by atoms with Gasteiger partial charge in [0.1, 0.15) is 0 Å². The molecule has 1 heterocycles. The molecule has 0 saturated carbocycles. The summed E-state index contributed by atoms with van der Waals surface area (Å²) >= 11 is 0. The molecule has 0 aliphatic carbocycles. The van der Waals surface area contributed by atoms with Crippen LogP contribution in [0.25, 0.3) is 0 Å². The molecule has 0 unspecified atom stereocenters. The second kappa shape index (κ2) is 4.35. The number of fused-ring (bicyclic) bond motifs is 1. The number of esters is 2. The van der Waals surface area contributed by atoms with Crippen molar-refractivity contribution in [2.45, 2.75) is 26.1 Å². The summed E-state index contributed by atoms with van der Waals surface area (Å²) in [6.07, 6.45) is 0.167. The van der Waals surface area contributed by atoms with Gasteiger partial charge in [0.15, 0.2) is 0 Å². The van der Waals surface area contributed by atoms with Crippen LogP contribution in [0.5, 0.6) is 0 Å². The van der Waals surface area contributed by atoms with Crippen LogP contribution >= 0.6 is 0 Å². The van der Waals surface area contributed by atoms with Crippen LogP contribution in [0.15, 0.2) is 24.3 Å². The third-order valence-corrected chi connectivity index (χ3v) is 2.34. The van der Waals surface area contributed by atoms with Gasteiger partial charge >= 0.3 is 11.9 Å². The number of carbonyl (C=O) groups excluding carboxylic acids is 2. The Labute approximate surface area is 93.2 Å². The molecule has 0 aromatic heterocycles. The van der Waals surface area contributed by atoms with Gasteiger partial charge in [-0.2, -0.15) is 0 Å². The maximum Gasteiger partial charge on any atom is 0.342 e. The second-order valence-electron chi connectivity index (χ2n) is 3.56. The number of cyclic esters (lactones) is 1. The number of hydrogen-bond donors (Lipinski definition) is 0. The number of carbonyl (C=O) groups is 2. The lowest BCUT2D eigenvalue weighted by Crippen LogP contribution is -2.10. The van der Waals surface area contributed by atoms with Gasteiger partial charge in [-0.05, 0) is 12.5 Å². The van der Waals surface area contributed by atoms with Crippen molar-refractivity contribution in [3.63, 3.8) is 0 Å². The Hall–Kier alpha value is -1.84. The Morgan fingerprint density at radius 2 is 2.19 bits per heavy atom. The SMILES string of the molecule is CCCC(=O)O[C@H]1OC(=O)c2ccccc21. The van der Waals surface area contributed by atoms with Gasteiger partial charge in [0.05, 0.1) is 5.56 Å². The first kappa shape index (κ1) is 10.7. The van der Waals surface area contributed by atoms with Crippen molar-refractivity contribution in [1.29, 1.82) is 0 Å². The van der Waals surface area contributed by atoms with E-state index in [-0.39, 0.29) is 5.97 Å². The van der Waals surface area contributed by atoms with Crippen molar-refractivity contribution in [3.8, 4) is 0 Å². The number of hydrogen-bond acceptors (Lipinski definition) is 4. The van der Waals surface area contributed by atoms with E-state index in [0.29, 0.717) is 24.0 Å². The van der Waals surface area contributed by atoms with Crippen LogP contribution in [0.1, 0.15) is 42.0 Å². The molecule has 16 heavy (non-hydrogen) atoms. The van der Waals surface area contributed by atoms with Crippen molar-refractivity contribution < 1.29 is 19.1 Å². The lowest BCUT2D eigenvalue weighted by molar-refractivity contribution is -0.167. The zero-order valence-corrected chi connectivity index (χ0v) is 8.93. The molecule has 0 spiro atoms. The normalized spacial score (nSPS) is 17.8. The first-order valence-electron chi connectivity index (χ1n) is 5.21. The summed E-state index contributed by atoms with van der Waals surface area (Å²) in [5.74, 6) is -0.790. The number of rotatable bonds is 3. The summed E-state index contributed by atoms with van der Waals surface area (Å²) < 4.78 is 10.0. The van der Waals surface area contributed by atoms with E-state index in [0.717, 1.165) is 0 Å². The highest BCUT2D eigenvalue weighted by Gasteiger charge is 2.33. The van der Waals surface area contributed by atoms with Crippen molar-refractivity contribution in [2.75, 3.05) is 0 Å². The molecule has 0 amide bonds. The van der Waals surface area contributed by atoms with E-state index in [4.69, 9.17) is 9.47 Å². The Bertz CT molecular complexity index is 425. The van der Waals surface area contributed by atoms with Crippen LogP contribution in [0.2, 0.25) is 0 Å². The highest BCUT2D eigenvalue weighted by Crippen LogP contribution is 2.31. The van der Waals surface area contributed by atoms with Crippen LogP contribution < -0.4 is 0 Å². The zero-order valence-electron chi connectivity index (χ0n) is 8.93. The van der Waals surface area contributed by atoms with Crippen molar-refractivity contribution >= 4 is 11.9 Å². The molecule has 1 aromatic carbocycles. The van der Waals surface area contributed by atoms with E-state index in [1.165, 1.54) is 0 Å². The van der Waals surface area contributed by atoms with E-state index < -0.39 is 12.3 Å². The van der Waals surface area contributed by atoms with Gasteiger partial charge in [-0.3, -0.25) is 4.79 Å². The van der Waals surface area contributed by atoms with E-state index in [1.54, 1.807) is 24.3 Å². The molecule has 4 heteroatoms. The Kier molecular flexibility index (Phi) is 2.90. The fourth-order valence-corrected chi connectivity index (χ4v) is 1.58. The molecule has 1 aliphatic heterocycles.